The first-order chi connectivity index (χ1) is 10.6. The van der Waals surface area contributed by atoms with Gasteiger partial charge >= 0.3 is 6.03 Å². The molecule has 4 N–H and O–H groups in total. The molecule has 0 spiro atoms. The lowest BCUT2D eigenvalue weighted by molar-refractivity contribution is 0.187. The maximum atomic E-state index is 12.2. The van der Waals surface area contributed by atoms with E-state index in [1.54, 1.807) is 0 Å². The zero-order valence-electron chi connectivity index (χ0n) is 12.5. The lowest BCUT2D eigenvalue weighted by Gasteiger charge is -2.39. The second-order valence-electron chi connectivity index (χ2n) is 6.62. The van der Waals surface area contributed by atoms with Crippen LogP contribution in [0.1, 0.15) is 18.4 Å². The number of nitrogens with zero attached hydrogens (tertiary/aromatic N) is 2. The van der Waals surface area contributed by atoms with Gasteiger partial charge in [0.1, 0.15) is 0 Å². The molecule has 1 aliphatic carbocycles. The van der Waals surface area contributed by atoms with Gasteiger partial charge in [-0.05, 0) is 36.8 Å². The summed E-state index contributed by atoms with van der Waals surface area (Å²) in [6.07, 6.45) is 4.83. The molecule has 0 bridgehead atoms. The topological polar surface area (TPSA) is 87.0 Å². The molecule has 4 rings (SSSR count). The van der Waals surface area contributed by atoms with E-state index in [9.17, 15) is 4.79 Å². The average Bonchev–Trinajstić information content (AvgIpc) is 3.05. The van der Waals surface area contributed by atoms with E-state index in [4.69, 9.17) is 5.73 Å². The maximum absolute atomic E-state index is 12.2. The van der Waals surface area contributed by atoms with Gasteiger partial charge in [-0.15, -0.1) is 0 Å². The molecular weight excluding hydrogens is 278 g/mol. The maximum Gasteiger partial charge on any atom is 0.317 e. The van der Waals surface area contributed by atoms with Crippen molar-refractivity contribution in [3.8, 4) is 0 Å². The minimum atomic E-state index is -0.108. The summed E-state index contributed by atoms with van der Waals surface area (Å²) < 4.78 is 0. The minimum absolute atomic E-state index is 0.0156. The summed E-state index contributed by atoms with van der Waals surface area (Å²) in [4.78, 5) is 14.1. The zero-order valence-corrected chi connectivity index (χ0v) is 12.5. The number of carbonyl (C=O) groups excluding carboxylic acids is 1. The number of hydrogen-bond donors (Lipinski definition) is 3. The van der Waals surface area contributed by atoms with Crippen LogP contribution in [0.3, 0.4) is 0 Å². The Hall–Kier alpha value is -2.08. The summed E-state index contributed by atoms with van der Waals surface area (Å²) in [5.74, 6) is 0.501. The van der Waals surface area contributed by atoms with Crippen molar-refractivity contribution in [1.29, 1.82) is 0 Å². The Morgan fingerprint density at radius 2 is 2.45 bits per heavy atom. The fourth-order valence-electron chi connectivity index (χ4n) is 3.61. The van der Waals surface area contributed by atoms with Crippen LogP contribution in [0.5, 0.6) is 0 Å². The van der Waals surface area contributed by atoms with E-state index < -0.39 is 0 Å². The van der Waals surface area contributed by atoms with Gasteiger partial charge in [0.25, 0.3) is 0 Å². The molecule has 1 aromatic carbocycles. The van der Waals surface area contributed by atoms with E-state index in [2.05, 4.69) is 27.6 Å². The van der Waals surface area contributed by atoms with Gasteiger partial charge < -0.3 is 16.0 Å². The Bertz CT molecular complexity index is 711. The van der Waals surface area contributed by atoms with Crippen molar-refractivity contribution in [2.75, 3.05) is 19.6 Å². The number of hydrogen-bond acceptors (Lipinski definition) is 3. The molecule has 1 saturated heterocycles. The number of aromatic nitrogens is 2. The first kappa shape index (κ1) is 13.6. The standard InChI is InChI=1S/C16H21N5O/c17-16-5-3-13(16)9-21(10-16)15(22)18-6-4-11-1-2-12-8-19-20-14(12)7-11/h1-2,7-8,13H,3-6,9-10,17H2,(H,18,22)(H,19,20)/t13-,16-/m0/s1. The number of likely N-dealkylation sites (tertiary alicyclic amines) is 1. The number of urea groups is 1. The van der Waals surface area contributed by atoms with Gasteiger partial charge in [0, 0.05) is 30.6 Å². The molecule has 2 heterocycles. The smallest absolute Gasteiger partial charge is 0.317 e. The predicted molar refractivity (Wildman–Crippen MR) is 84.4 cm³/mol. The van der Waals surface area contributed by atoms with Gasteiger partial charge in [-0.25, -0.2) is 4.79 Å². The van der Waals surface area contributed by atoms with Crippen LogP contribution in [-0.2, 0) is 6.42 Å². The highest BCUT2D eigenvalue weighted by molar-refractivity contribution is 5.78. The van der Waals surface area contributed by atoms with E-state index in [0.29, 0.717) is 19.0 Å². The molecular formula is C16H21N5O. The lowest BCUT2D eigenvalue weighted by atomic mass is 9.70. The number of H-pyrrole nitrogens is 1. The van der Waals surface area contributed by atoms with Crippen molar-refractivity contribution < 1.29 is 4.79 Å². The molecule has 0 unspecified atom stereocenters. The quantitative estimate of drug-likeness (QED) is 0.797. The normalized spacial score (nSPS) is 26.8. The third-order valence-electron chi connectivity index (χ3n) is 5.18. The molecule has 2 aliphatic rings. The largest absolute Gasteiger partial charge is 0.338 e. The van der Waals surface area contributed by atoms with Crippen molar-refractivity contribution >= 4 is 16.9 Å². The highest BCUT2D eigenvalue weighted by Gasteiger charge is 2.51. The van der Waals surface area contributed by atoms with Gasteiger partial charge in [0.05, 0.1) is 11.7 Å². The monoisotopic (exact) mass is 299 g/mol. The third kappa shape index (κ3) is 2.23. The van der Waals surface area contributed by atoms with E-state index in [-0.39, 0.29) is 11.6 Å². The van der Waals surface area contributed by atoms with E-state index in [0.717, 1.165) is 36.7 Å². The number of fused-ring (bicyclic) bond motifs is 2. The highest BCUT2D eigenvalue weighted by atomic mass is 16.2. The van der Waals surface area contributed by atoms with Crippen molar-refractivity contribution in [3.05, 3.63) is 30.0 Å². The van der Waals surface area contributed by atoms with Crippen molar-refractivity contribution in [3.63, 3.8) is 0 Å². The number of benzene rings is 1. The zero-order chi connectivity index (χ0) is 15.2. The molecule has 22 heavy (non-hydrogen) atoms. The van der Waals surface area contributed by atoms with Crippen LogP contribution in [0.4, 0.5) is 4.79 Å². The van der Waals surface area contributed by atoms with E-state index in [1.807, 2.05) is 17.2 Å². The van der Waals surface area contributed by atoms with Crippen LogP contribution in [-0.4, -0.2) is 46.3 Å². The number of carbonyl (C=O) groups is 1. The molecule has 2 atom stereocenters. The molecule has 2 aromatic rings. The number of aromatic amines is 1. The Kier molecular flexibility index (Phi) is 3.07. The van der Waals surface area contributed by atoms with Crippen LogP contribution >= 0.6 is 0 Å². The van der Waals surface area contributed by atoms with E-state index >= 15 is 0 Å². The highest BCUT2D eigenvalue weighted by Crippen LogP contribution is 2.42. The SMILES string of the molecule is N[C@]12CC[C@H]1CN(C(=O)NCCc1ccc3cn[nH]c3c1)C2. The average molecular weight is 299 g/mol. The molecule has 2 amide bonds. The summed E-state index contributed by atoms with van der Waals surface area (Å²) >= 11 is 0. The Labute approximate surface area is 129 Å². The molecule has 116 valence electrons. The number of nitrogens with two attached hydrogens (primary N) is 1. The first-order valence-electron chi connectivity index (χ1n) is 7.88. The second kappa shape index (κ2) is 4.98. The Morgan fingerprint density at radius 3 is 3.18 bits per heavy atom. The van der Waals surface area contributed by atoms with Crippen LogP contribution in [0, 0.1) is 5.92 Å². The number of nitrogens with one attached hydrogen (secondary N) is 2. The van der Waals surface area contributed by atoms with Crippen molar-refractivity contribution in [1.82, 2.24) is 20.4 Å². The summed E-state index contributed by atoms with van der Waals surface area (Å²) in [5, 5.41) is 11.1. The van der Waals surface area contributed by atoms with E-state index in [1.165, 1.54) is 5.56 Å². The fourth-order valence-corrected chi connectivity index (χ4v) is 3.61. The first-order valence-corrected chi connectivity index (χ1v) is 7.88. The van der Waals surface area contributed by atoms with Crippen molar-refractivity contribution in [2.45, 2.75) is 24.8 Å². The second-order valence-corrected chi connectivity index (χ2v) is 6.62. The number of amides is 2. The number of rotatable bonds is 3. The molecule has 2 fully saturated rings. The van der Waals surface area contributed by atoms with Gasteiger partial charge in [-0.3, -0.25) is 5.10 Å². The van der Waals surface area contributed by atoms with Crippen LogP contribution in [0.25, 0.3) is 10.9 Å². The van der Waals surface area contributed by atoms with Crippen LogP contribution < -0.4 is 11.1 Å². The summed E-state index contributed by atoms with van der Waals surface area (Å²) in [6, 6.07) is 6.22. The van der Waals surface area contributed by atoms with Crippen LogP contribution in [0.2, 0.25) is 0 Å². The van der Waals surface area contributed by atoms with Crippen molar-refractivity contribution in [2.24, 2.45) is 11.7 Å². The molecule has 1 aromatic heterocycles. The van der Waals surface area contributed by atoms with Gasteiger partial charge in [-0.1, -0.05) is 12.1 Å². The molecule has 6 heteroatoms. The third-order valence-corrected chi connectivity index (χ3v) is 5.18. The van der Waals surface area contributed by atoms with Gasteiger partial charge in [0.15, 0.2) is 0 Å². The Morgan fingerprint density at radius 1 is 1.55 bits per heavy atom. The Balaban J connectivity index is 1.30. The van der Waals surface area contributed by atoms with Gasteiger partial charge in [-0.2, -0.15) is 5.10 Å². The summed E-state index contributed by atoms with van der Waals surface area (Å²) in [5.41, 5.74) is 8.38. The fraction of sp³-hybridized carbons (Fsp3) is 0.500. The minimum Gasteiger partial charge on any atom is -0.338 e. The summed E-state index contributed by atoms with van der Waals surface area (Å²) in [7, 11) is 0. The summed E-state index contributed by atoms with van der Waals surface area (Å²) in [6.45, 7) is 2.14. The predicted octanol–water partition coefficient (Wildman–Crippen LogP) is 1.24. The molecule has 1 aliphatic heterocycles. The van der Waals surface area contributed by atoms with Gasteiger partial charge in [0.2, 0.25) is 0 Å². The van der Waals surface area contributed by atoms with Crippen LogP contribution in [0.15, 0.2) is 24.4 Å². The molecule has 1 saturated carbocycles. The molecule has 6 nitrogen and oxygen atoms in total. The molecule has 0 radical (unpaired) electrons. The lowest BCUT2D eigenvalue weighted by Crippen LogP contribution is -2.55.